The minimum absolute atomic E-state index is 0.571. The summed E-state index contributed by atoms with van der Waals surface area (Å²) >= 11 is 1.64. The fourth-order valence-electron chi connectivity index (χ4n) is 0.782. The van der Waals surface area contributed by atoms with Gasteiger partial charge < -0.3 is 5.73 Å². The lowest BCUT2D eigenvalue weighted by Gasteiger charge is -2.00. The number of thiophene rings is 1. The number of nitrogens with two attached hydrogens (primary N) is 1. The van der Waals surface area contributed by atoms with Crippen LogP contribution in [-0.2, 0) is 0 Å². The van der Waals surface area contributed by atoms with Gasteiger partial charge >= 0.3 is 0 Å². The third kappa shape index (κ3) is 2.66. The molecule has 2 nitrogen and oxygen atoms in total. The average Bonchev–Trinajstić information content (AvgIpc) is 2.51. The van der Waals surface area contributed by atoms with Crippen molar-refractivity contribution in [2.45, 2.75) is 13.8 Å². The van der Waals surface area contributed by atoms with Gasteiger partial charge in [0.25, 0.3) is 0 Å². The van der Waals surface area contributed by atoms with Crippen LogP contribution < -0.4 is 5.73 Å². The molecule has 66 valence electrons. The van der Waals surface area contributed by atoms with Gasteiger partial charge in [-0.3, -0.25) is 4.99 Å². The Bertz CT molecular complexity index is 250. The Kier molecular flexibility index (Phi) is 3.29. The van der Waals surface area contributed by atoms with E-state index in [1.807, 2.05) is 16.8 Å². The molecule has 1 rings (SSSR count). The summed E-state index contributed by atoms with van der Waals surface area (Å²) in [6.45, 7) is 5.07. The average molecular weight is 182 g/mol. The fraction of sp³-hybridized carbons (Fsp3) is 0.444. The van der Waals surface area contributed by atoms with Gasteiger partial charge in [0.2, 0.25) is 0 Å². The summed E-state index contributed by atoms with van der Waals surface area (Å²) in [7, 11) is 0. The molecule has 0 saturated heterocycles. The summed E-state index contributed by atoms with van der Waals surface area (Å²) in [5.74, 6) is 1.23. The number of hydrogen-bond donors (Lipinski definition) is 1. The highest BCUT2D eigenvalue weighted by Gasteiger charge is 1.97. The Balaban J connectivity index is 2.59. The highest BCUT2D eigenvalue weighted by atomic mass is 32.1. The van der Waals surface area contributed by atoms with Crippen LogP contribution >= 0.6 is 11.3 Å². The zero-order valence-electron chi connectivity index (χ0n) is 7.45. The van der Waals surface area contributed by atoms with Crippen molar-refractivity contribution in [2.75, 3.05) is 6.54 Å². The fourth-order valence-corrected chi connectivity index (χ4v) is 1.43. The summed E-state index contributed by atoms with van der Waals surface area (Å²) in [4.78, 5) is 4.27. The van der Waals surface area contributed by atoms with Crippen LogP contribution in [-0.4, -0.2) is 12.4 Å². The van der Waals surface area contributed by atoms with E-state index in [1.165, 1.54) is 0 Å². The molecule has 0 aromatic carbocycles. The molecule has 2 N–H and O–H groups in total. The molecule has 0 atom stereocenters. The molecule has 0 amide bonds. The second kappa shape index (κ2) is 4.26. The summed E-state index contributed by atoms with van der Waals surface area (Å²) in [6, 6.07) is 1.99. The lowest BCUT2D eigenvalue weighted by atomic mass is 10.2. The smallest absolute Gasteiger partial charge is 0.126 e. The van der Waals surface area contributed by atoms with Crippen LogP contribution in [0.25, 0.3) is 0 Å². The van der Waals surface area contributed by atoms with Crippen molar-refractivity contribution in [3.63, 3.8) is 0 Å². The van der Waals surface area contributed by atoms with E-state index in [9.17, 15) is 0 Å². The molecular formula is C9H14N2S. The number of rotatable bonds is 3. The van der Waals surface area contributed by atoms with E-state index in [0.717, 1.165) is 12.1 Å². The van der Waals surface area contributed by atoms with Crippen LogP contribution in [0.4, 0.5) is 0 Å². The van der Waals surface area contributed by atoms with Crippen molar-refractivity contribution >= 4 is 17.2 Å². The van der Waals surface area contributed by atoms with Gasteiger partial charge in [-0.25, -0.2) is 0 Å². The largest absolute Gasteiger partial charge is 0.383 e. The molecule has 1 aromatic heterocycles. The molecule has 1 aromatic rings. The van der Waals surface area contributed by atoms with Gasteiger partial charge in [-0.1, -0.05) is 13.8 Å². The van der Waals surface area contributed by atoms with Crippen LogP contribution in [0, 0.1) is 5.92 Å². The monoisotopic (exact) mass is 182 g/mol. The van der Waals surface area contributed by atoms with Gasteiger partial charge in [-0.2, -0.15) is 11.3 Å². The molecule has 0 radical (unpaired) electrons. The summed E-state index contributed by atoms with van der Waals surface area (Å²) in [6.07, 6.45) is 0. The highest BCUT2D eigenvalue weighted by molar-refractivity contribution is 7.08. The van der Waals surface area contributed by atoms with Crippen molar-refractivity contribution in [1.29, 1.82) is 0 Å². The standard InChI is InChI=1S/C9H14N2S/c1-7(2)5-11-9(10)8-3-4-12-6-8/h3-4,6-7H,5H2,1-2H3,(H2,10,11). The molecule has 3 heteroatoms. The highest BCUT2D eigenvalue weighted by Crippen LogP contribution is 2.05. The molecule has 1 heterocycles. The van der Waals surface area contributed by atoms with Gasteiger partial charge in [-0.15, -0.1) is 0 Å². The first-order valence-electron chi connectivity index (χ1n) is 4.02. The molecule has 0 saturated carbocycles. The number of aliphatic imine (C=N–C) groups is 1. The van der Waals surface area contributed by atoms with E-state index < -0.39 is 0 Å². The summed E-state index contributed by atoms with van der Waals surface area (Å²) in [5, 5.41) is 4.02. The van der Waals surface area contributed by atoms with E-state index in [-0.39, 0.29) is 0 Å². The first kappa shape index (κ1) is 9.26. The van der Waals surface area contributed by atoms with Gasteiger partial charge in [0.15, 0.2) is 0 Å². The van der Waals surface area contributed by atoms with E-state index in [0.29, 0.717) is 11.8 Å². The molecule has 12 heavy (non-hydrogen) atoms. The summed E-state index contributed by atoms with van der Waals surface area (Å²) in [5.41, 5.74) is 6.79. The molecule has 0 fully saturated rings. The molecule has 0 unspecified atom stereocenters. The van der Waals surface area contributed by atoms with E-state index in [2.05, 4.69) is 18.8 Å². The van der Waals surface area contributed by atoms with Crippen LogP contribution in [0.3, 0.4) is 0 Å². The first-order valence-corrected chi connectivity index (χ1v) is 4.97. The second-order valence-corrected chi connectivity index (χ2v) is 3.91. The zero-order chi connectivity index (χ0) is 8.97. The van der Waals surface area contributed by atoms with Crippen LogP contribution in [0.15, 0.2) is 21.8 Å². The maximum Gasteiger partial charge on any atom is 0.126 e. The topological polar surface area (TPSA) is 38.4 Å². The van der Waals surface area contributed by atoms with Gasteiger partial charge in [0, 0.05) is 17.5 Å². The number of amidine groups is 1. The SMILES string of the molecule is CC(C)CN=C(N)c1ccsc1. The van der Waals surface area contributed by atoms with Crippen molar-refractivity contribution < 1.29 is 0 Å². The van der Waals surface area contributed by atoms with Gasteiger partial charge in [0.05, 0.1) is 0 Å². The number of hydrogen-bond acceptors (Lipinski definition) is 2. The lowest BCUT2D eigenvalue weighted by Crippen LogP contribution is -2.13. The maximum absolute atomic E-state index is 5.74. The van der Waals surface area contributed by atoms with Crippen LogP contribution in [0.2, 0.25) is 0 Å². The molecule has 0 aliphatic heterocycles. The Hall–Kier alpha value is -0.830. The van der Waals surface area contributed by atoms with Gasteiger partial charge in [0.1, 0.15) is 5.84 Å². The van der Waals surface area contributed by atoms with E-state index in [1.54, 1.807) is 11.3 Å². The van der Waals surface area contributed by atoms with Crippen molar-refractivity contribution in [3.05, 3.63) is 22.4 Å². The third-order valence-corrected chi connectivity index (χ3v) is 2.13. The minimum atomic E-state index is 0.571. The molecular weight excluding hydrogens is 168 g/mol. The normalized spacial score (nSPS) is 12.4. The maximum atomic E-state index is 5.74. The van der Waals surface area contributed by atoms with Crippen molar-refractivity contribution in [3.8, 4) is 0 Å². The lowest BCUT2D eigenvalue weighted by molar-refractivity contribution is 0.665. The van der Waals surface area contributed by atoms with Crippen molar-refractivity contribution in [1.82, 2.24) is 0 Å². The van der Waals surface area contributed by atoms with E-state index >= 15 is 0 Å². The van der Waals surface area contributed by atoms with Crippen molar-refractivity contribution in [2.24, 2.45) is 16.6 Å². The molecule has 0 aliphatic rings. The van der Waals surface area contributed by atoms with Crippen LogP contribution in [0.1, 0.15) is 19.4 Å². The predicted molar refractivity (Wildman–Crippen MR) is 54.7 cm³/mol. The van der Waals surface area contributed by atoms with Crippen LogP contribution in [0.5, 0.6) is 0 Å². The Labute approximate surface area is 77.1 Å². The zero-order valence-corrected chi connectivity index (χ0v) is 8.27. The second-order valence-electron chi connectivity index (χ2n) is 3.13. The Morgan fingerprint density at radius 1 is 1.67 bits per heavy atom. The quantitative estimate of drug-likeness (QED) is 0.564. The predicted octanol–water partition coefficient (Wildman–Crippen LogP) is 2.11. The molecule has 0 spiro atoms. The Morgan fingerprint density at radius 2 is 2.42 bits per heavy atom. The summed E-state index contributed by atoms with van der Waals surface area (Å²) < 4.78 is 0. The molecule has 0 bridgehead atoms. The number of nitrogens with zero attached hydrogens (tertiary/aromatic N) is 1. The minimum Gasteiger partial charge on any atom is -0.383 e. The van der Waals surface area contributed by atoms with E-state index in [4.69, 9.17) is 5.73 Å². The first-order chi connectivity index (χ1) is 5.70. The van der Waals surface area contributed by atoms with Gasteiger partial charge in [-0.05, 0) is 17.4 Å². The third-order valence-electron chi connectivity index (χ3n) is 1.44. The molecule has 0 aliphatic carbocycles. The Morgan fingerprint density at radius 3 is 2.92 bits per heavy atom.